The zero-order valence-electron chi connectivity index (χ0n) is 27.0. The van der Waals surface area contributed by atoms with Crippen molar-refractivity contribution in [2.45, 2.75) is 38.4 Å². The van der Waals surface area contributed by atoms with E-state index in [4.69, 9.17) is 37.9 Å². The molecular weight excluding hydrogens is 647 g/mol. The standard InChI is InChI=1S/C37H38Cl2N6O3/c1-44-31-13-15-45(16-17-46)21-29(31)25-9-6-22(18-32(25)44)36-35(39)27(12-14-41-36)26-4-3-5-28(34(26)38)30-10-7-23(37(43-30)48-2)19-40-20-24-8-11-33(47)42-24/h3-7,9-10,12,14,18,24,40,46H,8,11,13,15-17,19-21H2,1-2H3,(H,42,47). The first-order valence-corrected chi connectivity index (χ1v) is 17.0. The molecule has 2 aliphatic rings. The van der Waals surface area contributed by atoms with Crippen LogP contribution in [0.5, 0.6) is 5.88 Å². The Balaban J connectivity index is 1.17. The third-order valence-corrected chi connectivity index (χ3v) is 10.3. The molecule has 5 aromatic rings. The van der Waals surface area contributed by atoms with Crippen LogP contribution >= 0.6 is 23.2 Å². The van der Waals surface area contributed by atoms with Gasteiger partial charge in [0.15, 0.2) is 0 Å². The summed E-state index contributed by atoms with van der Waals surface area (Å²) >= 11 is 14.3. The Labute approximate surface area is 289 Å². The van der Waals surface area contributed by atoms with E-state index in [1.165, 1.54) is 16.6 Å². The van der Waals surface area contributed by atoms with Crippen molar-refractivity contribution in [1.29, 1.82) is 0 Å². The summed E-state index contributed by atoms with van der Waals surface area (Å²) in [7, 11) is 3.73. The fraction of sp³-hybridized carbons (Fsp3) is 0.324. The van der Waals surface area contributed by atoms with Crippen molar-refractivity contribution in [1.82, 2.24) is 30.1 Å². The Morgan fingerprint density at radius 2 is 1.90 bits per heavy atom. The highest BCUT2D eigenvalue weighted by atomic mass is 35.5. The molecule has 48 heavy (non-hydrogen) atoms. The molecular formula is C37H38Cl2N6O3. The molecule has 5 heterocycles. The normalized spacial score (nSPS) is 16.4. The number of aryl methyl sites for hydroxylation is 1. The maximum Gasteiger partial charge on any atom is 0.220 e. The van der Waals surface area contributed by atoms with E-state index in [0.29, 0.717) is 53.4 Å². The quantitative estimate of drug-likeness (QED) is 0.166. The molecule has 0 spiro atoms. The number of aromatic nitrogens is 3. The van der Waals surface area contributed by atoms with E-state index in [2.05, 4.69) is 45.3 Å². The summed E-state index contributed by atoms with van der Waals surface area (Å²) in [6.07, 6.45) is 4.13. The molecule has 248 valence electrons. The number of aliphatic hydroxyl groups excluding tert-OH is 1. The zero-order valence-corrected chi connectivity index (χ0v) is 28.5. The van der Waals surface area contributed by atoms with Crippen LogP contribution in [0, 0.1) is 0 Å². The zero-order chi connectivity index (χ0) is 33.4. The number of pyridine rings is 2. The predicted octanol–water partition coefficient (Wildman–Crippen LogP) is 6.00. The molecule has 1 amide bonds. The Hall–Kier alpha value is -3.99. The van der Waals surface area contributed by atoms with Crippen LogP contribution in [0.15, 0.2) is 60.8 Å². The first kappa shape index (κ1) is 32.6. The van der Waals surface area contributed by atoms with Crippen LogP contribution in [-0.2, 0) is 31.4 Å². The van der Waals surface area contributed by atoms with Gasteiger partial charge in [0, 0.05) is 109 Å². The molecule has 0 bridgehead atoms. The van der Waals surface area contributed by atoms with Crippen LogP contribution in [-0.4, -0.2) is 69.8 Å². The van der Waals surface area contributed by atoms with E-state index in [0.717, 1.165) is 59.3 Å². The van der Waals surface area contributed by atoms with Gasteiger partial charge in [-0.1, -0.05) is 59.6 Å². The first-order valence-electron chi connectivity index (χ1n) is 16.3. The van der Waals surface area contributed by atoms with Gasteiger partial charge in [0.2, 0.25) is 11.8 Å². The van der Waals surface area contributed by atoms with Gasteiger partial charge < -0.3 is 25.0 Å². The molecule has 3 N–H and O–H groups in total. The molecule has 7 rings (SSSR count). The summed E-state index contributed by atoms with van der Waals surface area (Å²) in [4.78, 5) is 23.3. The lowest BCUT2D eigenvalue weighted by molar-refractivity contribution is -0.119. The van der Waals surface area contributed by atoms with Crippen LogP contribution in [0.1, 0.15) is 29.7 Å². The van der Waals surface area contributed by atoms with Crippen molar-refractivity contribution in [2.24, 2.45) is 7.05 Å². The number of nitrogens with one attached hydrogen (secondary N) is 2. The summed E-state index contributed by atoms with van der Waals surface area (Å²) < 4.78 is 7.94. The SMILES string of the molecule is COc1nc(-c2cccc(-c3ccnc(-c4ccc5c6c(n(C)c5c4)CCN(CCO)C6)c3Cl)c2Cl)ccc1CNCC1CCC(=O)N1. The maximum atomic E-state index is 11.5. The molecule has 1 saturated heterocycles. The van der Waals surface area contributed by atoms with Gasteiger partial charge in [-0.2, -0.15) is 0 Å². The minimum atomic E-state index is 0.105. The number of ether oxygens (including phenoxy) is 1. The minimum Gasteiger partial charge on any atom is -0.481 e. The van der Waals surface area contributed by atoms with Crippen molar-refractivity contribution < 1.29 is 14.6 Å². The van der Waals surface area contributed by atoms with E-state index in [9.17, 15) is 9.90 Å². The first-order chi connectivity index (χ1) is 23.4. The van der Waals surface area contributed by atoms with Crippen LogP contribution in [0.25, 0.3) is 44.5 Å². The maximum absolute atomic E-state index is 11.5. The van der Waals surface area contributed by atoms with Gasteiger partial charge in [-0.05, 0) is 30.2 Å². The smallest absolute Gasteiger partial charge is 0.220 e. The number of fused-ring (bicyclic) bond motifs is 3. The fourth-order valence-corrected chi connectivity index (χ4v) is 7.69. The number of methoxy groups -OCH3 is 1. The predicted molar refractivity (Wildman–Crippen MR) is 190 cm³/mol. The summed E-state index contributed by atoms with van der Waals surface area (Å²) in [5.41, 5.74) is 9.34. The van der Waals surface area contributed by atoms with E-state index in [1.807, 2.05) is 36.4 Å². The van der Waals surface area contributed by atoms with Gasteiger partial charge in [-0.3, -0.25) is 14.7 Å². The van der Waals surface area contributed by atoms with Crippen molar-refractivity contribution in [3.63, 3.8) is 0 Å². The van der Waals surface area contributed by atoms with Crippen LogP contribution in [0.4, 0.5) is 0 Å². The highest BCUT2D eigenvalue weighted by molar-refractivity contribution is 6.39. The summed E-state index contributed by atoms with van der Waals surface area (Å²) in [5, 5.41) is 18.1. The topological polar surface area (TPSA) is 105 Å². The third-order valence-electron chi connectivity index (χ3n) is 9.55. The van der Waals surface area contributed by atoms with E-state index in [1.54, 1.807) is 13.3 Å². The number of halogens is 2. The molecule has 1 fully saturated rings. The average Bonchev–Trinajstić information content (AvgIpc) is 3.64. The number of carbonyl (C=O) groups is 1. The van der Waals surface area contributed by atoms with Gasteiger partial charge in [0.05, 0.1) is 35.1 Å². The largest absolute Gasteiger partial charge is 0.481 e. The monoisotopic (exact) mass is 684 g/mol. The molecule has 1 atom stereocenters. The lowest BCUT2D eigenvalue weighted by Crippen LogP contribution is -2.35. The second-order valence-corrected chi connectivity index (χ2v) is 13.2. The van der Waals surface area contributed by atoms with Crippen LogP contribution < -0.4 is 15.4 Å². The van der Waals surface area contributed by atoms with Crippen molar-refractivity contribution in [2.75, 3.05) is 33.4 Å². The highest BCUT2D eigenvalue weighted by Gasteiger charge is 2.24. The van der Waals surface area contributed by atoms with E-state index >= 15 is 0 Å². The Morgan fingerprint density at radius 1 is 1.06 bits per heavy atom. The number of β-amino-alcohol motifs (C(OH)–C–C–N with tert-alkyl or cyclic N) is 1. The number of benzene rings is 2. The molecule has 2 aliphatic heterocycles. The van der Waals surface area contributed by atoms with Gasteiger partial charge in [-0.25, -0.2) is 4.98 Å². The van der Waals surface area contributed by atoms with Crippen LogP contribution in [0.3, 0.4) is 0 Å². The molecule has 9 nitrogen and oxygen atoms in total. The number of hydrogen-bond donors (Lipinski definition) is 3. The molecule has 1 unspecified atom stereocenters. The van der Waals surface area contributed by atoms with Crippen molar-refractivity contribution in [3.05, 3.63) is 87.7 Å². The van der Waals surface area contributed by atoms with Crippen molar-refractivity contribution in [3.8, 4) is 39.5 Å². The summed E-state index contributed by atoms with van der Waals surface area (Å²) in [6, 6.07) is 18.2. The third kappa shape index (κ3) is 6.17. The molecule has 2 aromatic carbocycles. The van der Waals surface area contributed by atoms with Gasteiger partial charge in [-0.15, -0.1) is 0 Å². The van der Waals surface area contributed by atoms with Gasteiger partial charge >= 0.3 is 0 Å². The van der Waals surface area contributed by atoms with Gasteiger partial charge in [0.25, 0.3) is 0 Å². The Morgan fingerprint density at radius 3 is 2.69 bits per heavy atom. The second-order valence-electron chi connectivity index (χ2n) is 12.5. The van der Waals surface area contributed by atoms with Crippen molar-refractivity contribution >= 4 is 40.0 Å². The number of carbonyl (C=O) groups excluding carboxylic acids is 1. The molecule has 11 heteroatoms. The number of rotatable bonds is 10. The number of amides is 1. The van der Waals surface area contributed by atoms with Crippen LogP contribution in [0.2, 0.25) is 10.0 Å². The average molecular weight is 686 g/mol. The number of nitrogens with zero attached hydrogens (tertiary/aromatic N) is 4. The van der Waals surface area contributed by atoms with Gasteiger partial charge in [0.1, 0.15) is 0 Å². The lowest BCUT2D eigenvalue weighted by Gasteiger charge is -2.26. The lowest BCUT2D eigenvalue weighted by atomic mass is 9.99. The molecule has 3 aromatic heterocycles. The Bertz CT molecular complexity index is 2010. The Kier molecular flexibility index (Phi) is 9.40. The minimum absolute atomic E-state index is 0.105. The number of hydrogen-bond acceptors (Lipinski definition) is 7. The summed E-state index contributed by atoms with van der Waals surface area (Å²) in [6.45, 7) is 3.86. The molecule has 0 aliphatic carbocycles. The molecule has 0 saturated carbocycles. The number of aliphatic hydroxyl groups is 1. The van der Waals surface area contributed by atoms with E-state index in [-0.39, 0.29) is 18.6 Å². The molecule has 0 radical (unpaired) electrons. The second kappa shape index (κ2) is 13.9. The highest BCUT2D eigenvalue weighted by Crippen LogP contribution is 2.42. The summed E-state index contributed by atoms with van der Waals surface area (Å²) in [5.74, 6) is 0.619. The fourth-order valence-electron chi connectivity index (χ4n) is 7.04. The van der Waals surface area contributed by atoms with E-state index < -0.39 is 0 Å².